The van der Waals surface area contributed by atoms with Gasteiger partial charge >= 0.3 is 5.97 Å². The summed E-state index contributed by atoms with van der Waals surface area (Å²) in [5.41, 5.74) is -0.412. The number of carbonyl (C=O) groups excluding carboxylic acids is 2. The molecule has 7 heteroatoms. The number of amides is 1. The number of likely N-dealkylation sites (N-methyl/N-ethyl adjacent to an activating group) is 1. The average Bonchev–Trinajstić information content (AvgIpc) is 3.13. The van der Waals surface area contributed by atoms with Crippen molar-refractivity contribution in [2.75, 3.05) is 40.0 Å². The minimum atomic E-state index is -0.412. The third kappa shape index (κ3) is 3.87. The number of carbonyl (C=O) groups is 2. The van der Waals surface area contributed by atoms with Gasteiger partial charge in [0, 0.05) is 26.1 Å². The molecule has 1 unspecified atom stereocenters. The molecule has 1 amide bonds. The number of ether oxygens (including phenoxy) is 1. The summed E-state index contributed by atoms with van der Waals surface area (Å²) < 4.78 is 11.2. The minimum absolute atomic E-state index is 0.0380. The van der Waals surface area contributed by atoms with Crippen molar-refractivity contribution in [3.63, 3.8) is 0 Å². The van der Waals surface area contributed by atoms with Gasteiger partial charge in [0.25, 0.3) is 5.91 Å². The molecule has 2 fully saturated rings. The van der Waals surface area contributed by atoms with Crippen LogP contribution in [0.5, 0.6) is 0 Å². The zero-order valence-corrected chi connectivity index (χ0v) is 15.9. The van der Waals surface area contributed by atoms with E-state index in [9.17, 15) is 9.59 Å². The number of hydrogen-bond donors (Lipinski definition) is 0. The van der Waals surface area contributed by atoms with Crippen LogP contribution in [0.15, 0.2) is 16.5 Å². The summed E-state index contributed by atoms with van der Waals surface area (Å²) in [4.78, 5) is 28.8. The van der Waals surface area contributed by atoms with Gasteiger partial charge in [0.1, 0.15) is 11.9 Å². The highest BCUT2D eigenvalue weighted by molar-refractivity contribution is 7.97. The van der Waals surface area contributed by atoms with Gasteiger partial charge in [-0.2, -0.15) is 11.8 Å². The second-order valence-electron chi connectivity index (χ2n) is 7.27. The van der Waals surface area contributed by atoms with E-state index in [2.05, 4.69) is 0 Å². The van der Waals surface area contributed by atoms with Crippen LogP contribution in [0, 0.1) is 5.41 Å². The van der Waals surface area contributed by atoms with E-state index in [0.29, 0.717) is 31.7 Å². The average molecular weight is 366 g/mol. The summed E-state index contributed by atoms with van der Waals surface area (Å²) in [6.07, 6.45) is 4.05. The lowest BCUT2D eigenvalue weighted by Gasteiger charge is -2.36. The Morgan fingerprint density at radius 3 is 2.72 bits per heavy atom. The van der Waals surface area contributed by atoms with Gasteiger partial charge in [-0.3, -0.25) is 9.59 Å². The number of nitrogens with zero attached hydrogens (tertiary/aromatic N) is 2. The number of esters is 1. The second kappa shape index (κ2) is 7.41. The van der Waals surface area contributed by atoms with Crippen molar-refractivity contribution in [1.29, 1.82) is 0 Å². The fraction of sp³-hybridized carbons (Fsp3) is 0.667. The van der Waals surface area contributed by atoms with Crippen LogP contribution in [-0.2, 0) is 15.3 Å². The number of piperidine rings is 1. The fourth-order valence-corrected chi connectivity index (χ4v) is 4.20. The molecule has 3 rings (SSSR count). The molecule has 3 heterocycles. The summed E-state index contributed by atoms with van der Waals surface area (Å²) in [6, 6.07) is 3.60. The molecule has 0 saturated carbocycles. The first-order valence-electron chi connectivity index (χ1n) is 8.66. The van der Waals surface area contributed by atoms with Crippen molar-refractivity contribution in [3.05, 3.63) is 23.7 Å². The maximum Gasteiger partial charge on any atom is 0.312 e. The van der Waals surface area contributed by atoms with Gasteiger partial charge in [-0.25, -0.2) is 0 Å². The largest absolute Gasteiger partial charge is 0.461 e. The maximum absolute atomic E-state index is 12.6. The predicted octanol–water partition coefficient (Wildman–Crippen LogP) is 2.24. The monoisotopic (exact) mass is 366 g/mol. The Hall–Kier alpha value is -1.47. The van der Waals surface area contributed by atoms with Crippen LogP contribution < -0.4 is 0 Å². The number of furan rings is 1. The maximum atomic E-state index is 12.6. The summed E-state index contributed by atoms with van der Waals surface area (Å²) in [7, 11) is 3.96. The molecule has 138 valence electrons. The zero-order valence-electron chi connectivity index (χ0n) is 15.1. The van der Waals surface area contributed by atoms with Crippen LogP contribution in [0.25, 0.3) is 0 Å². The summed E-state index contributed by atoms with van der Waals surface area (Å²) in [6.45, 7) is 1.89. The Morgan fingerprint density at radius 2 is 2.08 bits per heavy atom. The molecule has 2 saturated heterocycles. The van der Waals surface area contributed by atoms with Crippen LogP contribution in [0.3, 0.4) is 0 Å². The van der Waals surface area contributed by atoms with Gasteiger partial charge < -0.3 is 19.0 Å². The van der Waals surface area contributed by atoms with E-state index >= 15 is 0 Å². The molecule has 2 aliphatic heterocycles. The van der Waals surface area contributed by atoms with Crippen LogP contribution in [0.2, 0.25) is 0 Å². The Labute approximate surface area is 152 Å². The first-order valence-corrected chi connectivity index (χ1v) is 10.1. The highest BCUT2D eigenvalue weighted by Crippen LogP contribution is 2.43. The molecule has 0 aromatic carbocycles. The number of likely N-dealkylation sites (tertiary alicyclic amines) is 1. The van der Waals surface area contributed by atoms with Crippen molar-refractivity contribution in [1.82, 2.24) is 9.80 Å². The predicted molar refractivity (Wildman–Crippen MR) is 96.5 cm³/mol. The van der Waals surface area contributed by atoms with E-state index in [1.54, 1.807) is 22.7 Å². The molecular formula is C18H26N2O4S. The molecule has 1 aromatic rings. The highest BCUT2D eigenvalue weighted by Gasteiger charge is 2.50. The van der Waals surface area contributed by atoms with E-state index in [1.807, 2.05) is 31.3 Å². The highest BCUT2D eigenvalue weighted by atomic mass is 32.2. The molecule has 1 atom stereocenters. The molecule has 1 spiro atoms. The summed E-state index contributed by atoms with van der Waals surface area (Å²) >= 11 is 1.66. The number of rotatable bonds is 5. The van der Waals surface area contributed by atoms with Crippen molar-refractivity contribution >= 4 is 23.6 Å². The van der Waals surface area contributed by atoms with E-state index < -0.39 is 5.41 Å². The van der Waals surface area contributed by atoms with E-state index in [-0.39, 0.29) is 18.0 Å². The third-order valence-corrected chi connectivity index (χ3v) is 5.63. The molecule has 0 bridgehead atoms. The quantitative estimate of drug-likeness (QED) is 0.745. The molecular weight excluding hydrogens is 340 g/mol. The lowest BCUT2D eigenvalue weighted by molar-refractivity contribution is -0.150. The SMILES string of the molecule is CSCc1ccc(C(=O)N2CCC3(CC2)CC(CN(C)C)OC3=O)o1. The molecule has 2 aliphatic rings. The fourth-order valence-electron chi connectivity index (χ4n) is 3.76. The first kappa shape index (κ1) is 18.3. The van der Waals surface area contributed by atoms with Crippen LogP contribution in [0.1, 0.15) is 35.6 Å². The molecule has 0 radical (unpaired) electrons. The molecule has 1 aromatic heterocycles. The summed E-state index contributed by atoms with van der Waals surface area (Å²) in [5, 5.41) is 0. The lowest BCUT2D eigenvalue weighted by atomic mass is 9.76. The number of hydrogen-bond acceptors (Lipinski definition) is 6. The van der Waals surface area contributed by atoms with Gasteiger partial charge in [0.05, 0.1) is 11.2 Å². The zero-order chi connectivity index (χ0) is 18.0. The van der Waals surface area contributed by atoms with Gasteiger partial charge in [0.2, 0.25) is 0 Å². The van der Waals surface area contributed by atoms with Gasteiger partial charge in [-0.05, 0) is 45.3 Å². The smallest absolute Gasteiger partial charge is 0.312 e. The summed E-state index contributed by atoms with van der Waals surface area (Å²) in [5.74, 6) is 1.79. The van der Waals surface area contributed by atoms with Crippen molar-refractivity contribution in [2.45, 2.75) is 31.1 Å². The van der Waals surface area contributed by atoms with Gasteiger partial charge in [0.15, 0.2) is 5.76 Å². The third-order valence-electron chi connectivity index (χ3n) is 5.06. The van der Waals surface area contributed by atoms with Crippen LogP contribution >= 0.6 is 11.8 Å². The van der Waals surface area contributed by atoms with Crippen molar-refractivity contribution < 1.29 is 18.7 Å². The standard InChI is InChI=1S/C18H26N2O4S/c1-19(2)11-14-10-18(17(22)24-14)6-8-20(9-7-18)16(21)15-5-4-13(23-15)12-25-3/h4-5,14H,6-12H2,1-3H3. The Morgan fingerprint density at radius 1 is 1.36 bits per heavy atom. The molecule has 6 nitrogen and oxygen atoms in total. The number of cyclic esters (lactones) is 1. The van der Waals surface area contributed by atoms with E-state index in [4.69, 9.17) is 9.15 Å². The Bertz CT molecular complexity index is 635. The lowest BCUT2D eigenvalue weighted by Crippen LogP contribution is -2.45. The number of thioether (sulfide) groups is 1. The Kier molecular flexibility index (Phi) is 5.43. The molecule has 0 aliphatic carbocycles. The van der Waals surface area contributed by atoms with Crippen molar-refractivity contribution in [3.8, 4) is 0 Å². The topological polar surface area (TPSA) is 63.0 Å². The van der Waals surface area contributed by atoms with E-state index in [0.717, 1.165) is 24.5 Å². The molecule has 25 heavy (non-hydrogen) atoms. The van der Waals surface area contributed by atoms with Crippen molar-refractivity contribution in [2.24, 2.45) is 5.41 Å². The van der Waals surface area contributed by atoms with E-state index in [1.165, 1.54) is 0 Å². The van der Waals surface area contributed by atoms with Gasteiger partial charge in [-0.15, -0.1) is 0 Å². The molecule has 0 N–H and O–H groups in total. The first-order chi connectivity index (χ1) is 11.9. The second-order valence-corrected chi connectivity index (χ2v) is 8.13. The Balaban J connectivity index is 1.59. The van der Waals surface area contributed by atoms with Crippen LogP contribution in [0.4, 0.5) is 0 Å². The van der Waals surface area contributed by atoms with Crippen LogP contribution in [-0.4, -0.2) is 67.8 Å². The normalized spacial score (nSPS) is 22.6. The minimum Gasteiger partial charge on any atom is -0.461 e. The van der Waals surface area contributed by atoms with Gasteiger partial charge in [-0.1, -0.05) is 0 Å².